The summed E-state index contributed by atoms with van der Waals surface area (Å²) >= 11 is 0. The van der Waals surface area contributed by atoms with Gasteiger partial charge >= 0.3 is 11.9 Å². The van der Waals surface area contributed by atoms with Crippen LogP contribution in [0.1, 0.15) is 52.5 Å². The molecule has 1 aliphatic rings. The van der Waals surface area contributed by atoms with Gasteiger partial charge in [-0.05, 0) is 31.0 Å². The second kappa shape index (κ2) is 7.65. The van der Waals surface area contributed by atoms with Crippen molar-refractivity contribution in [1.82, 2.24) is 0 Å². The summed E-state index contributed by atoms with van der Waals surface area (Å²) in [5.74, 6) is -2.22. The normalized spacial score (nSPS) is 16.0. The summed E-state index contributed by atoms with van der Waals surface area (Å²) in [6.07, 6.45) is 4.58. The summed E-state index contributed by atoms with van der Waals surface area (Å²) in [5.41, 5.74) is 0.335. The van der Waals surface area contributed by atoms with Gasteiger partial charge in [-0.2, -0.15) is 0 Å². The fraction of sp³-hybridized carbons (Fsp3) is 0.467. The summed E-state index contributed by atoms with van der Waals surface area (Å²) in [6, 6.07) is 4.17. The molecule has 1 aromatic carbocycles. The van der Waals surface area contributed by atoms with Gasteiger partial charge in [-0.25, -0.2) is 9.59 Å². The topological polar surface area (TPSA) is 87.1 Å². The first-order chi connectivity index (χ1) is 9.47. The number of aromatic carboxylic acids is 2. The van der Waals surface area contributed by atoms with Gasteiger partial charge in [-0.1, -0.05) is 25.8 Å². The van der Waals surface area contributed by atoms with Crippen molar-refractivity contribution in [3.63, 3.8) is 0 Å². The average Bonchev–Trinajstić information content (AvgIpc) is 3.20. The molecule has 0 bridgehead atoms. The quantitative estimate of drug-likeness (QED) is 0.810. The van der Waals surface area contributed by atoms with Crippen LogP contribution in [0.3, 0.4) is 0 Å². The number of carboxylic acids is 2. The number of hydrogen-bond donors (Lipinski definition) is 2. The predicted octanol–water partition coefficient (Wildman–Crippen LogP) is 2.97. The molecule has 5 nitrogen and oxygen atoms in total. The fourth-order valence-electron chi connectivity index (χ4n) is 1.77. The Labute approximate surface area is 118 Å². The summed E-state index contributed by atoms with van der Waals surface area (Å²) in [5, 5.41) is 17.4. The van der Waals surface area contributed by atoms with E-state index in [2.05, 4.69) is 6.92 Å². The van der Waals surface area contributed by atoms with E-state index in [9.17, 15) is 9.59 Å². The van der Waals surface area contributed by atoms with Crippen LogP contribution in [0.4, 0.5) is 0 Å². The molecule has 0 aromatic heterocycles. The Bertz CT molecular complexity index is 445. The highest BCUT2D eigenvalue weighted by Crippen LogP contribution is 2.15. The highest BCUT2D eigenvalue weighted by atomic mass is 16.6. The summed E-state index contributed by atoms with van der Waals surface area (Å²) in [7, 11) is 0. The molecule has 0 aliphatic carbocycles. The van der Waals surface area contributed by atoms with E-state index in [0.29, 0.717) is 6.10 Å². The standard InChI is InChI=1S/C9H8O4.C6H12O/c1-5-6(8(10)11)3-2-4-7(5)9(12)13;1-2-3-4-6-5-7-6/h2-4H,1H3,(H,10,11)(H,12,13);6H,2-5H2,1H3. The van der Waals surface area contributed by atoms with Crippen molar-refractivity contribution in [3.8, 4) is 0 Å². The molecule has 0 spiro atoms. The van der Waals surface area contributed by atoms with Gasteiger partial charge in [-0.15, -0.1) is 0 Å². The van der Waals surface area contributed by atoms with Gasteiger partial charge in [0, 0.05) is 0 Å². The average molecular weight is 280 g/mol. The molecule has 2 N–H and O–H groups in total. The van der Waals surface area contributed by atoms with Crippen LogP contribution in [0.15, 0.2) is 18.2 Å². The fourth-order valence-corrected chi connectivity index (χ4v) is 1.77. The molecule has 5 heteroatoms. The number of rotatable bonds is 5. The number of epoxide rings is 1. The van der Waals surface area contributed by atoms with Gasteiger partial charge in [0.25, 0.3) is 0 Å². The minimum Gasteiger partial charge on any atom is -0.478 e. The van der Waals surface area contributed by atoms with Crippen LogP contribution in [-0.4, -0.2) is 34.9 Å². The van der Waals surface area contributed by atoms with Gasteiger partial charge in [-0.3, -0.25) is 0 Å². The predicted molar refractivity (Wildman–Crippen MR) is 74.4 cm³/mol. The molecule has 0 saturated carbocycles. The monoisotopic (exact) mass is 280 g/mol. The number of benzene rings is 1. The molecule has 1 heterocycles. The van der Waals surface area contributed by atoms with E-state index < -0.39 is 11.9 Å². The Balaban J connectivity index is 0.000000240. The largest absolute Gasteiger partial charge is 0.478 e. The summed E-state index contributed by atoms with van der Waals surface area (Å²) in [6.45, 7) is 4.72. The zero-order valence-electron chi connectivity index (χ0n) is 11.8. The third kappa shape index (κ3) is 5.01. The number of carbonyl (C=O) groups is 2. The number of carboxylic acid groups (broad SMARTS) is 2. The number of hydrogen-bond acceptors (Lipinski definition) is 3. The maximum atomic E-state index is 10.6. The van der Waals surface area contributed by atoms with Crippen molar-refractivity contribution in [3.05, 3.63) is 34.9 Å². The van der Waals surface area contributed by atoms with E-state index in [-0.39, 0.29) is 16.7 Å². The van der Waals surface area contributed by atoms with Crippen LogP contribution < -0.4 is 0 Å². The van der Waals surface area contributed by atoms with E-state index in [0.717, 1.165) is 6.61 Å². The zero-order chi connectivity index (χ0) is 15.1. The molecular weight excluding hydrogens is 260 g/mol. The Hall–Kier alpha value is -1.88. The second-order valence-electron chi connectivity index (χ2n) is 4.69. The second-order valence-corrected chi connectivity index (χ2v) is 4.69. The number of ether oxygens (including phenoxy) is 1. The maximum Gasteiger partial charge on any atom is 0.335 e. The van der Waals surface area contributed by atoms with E-state index in [1.54, 1.807) is 0 Å². The summed E-state index contributed by atoms with van der Waals surface area (Å²) < 4.78 is 5.01. The SMILES string of the molecule is CCCCC1CO1.Cc1c(C(=O)O)cccc1C(=O)O. The molecule has 1 aromatic rings. The zero-order valence-corrected chi connectivity index (χ0v) is 11.8. The van der Waals surface area contributed by atoms with Gasteiger partial charge in [0.1, 0.15) is 0 Å². The lowest BCUT2D eigenvalue weighted by molar-refractivity contribution is 0.0696. The third-order valence-electron chi connectivity index (χ3n) is 3.08. The van der Waals surface area contributed by atoms with E-state index in [1.807, 2.05) is 0 Å². The van der Waals surface area contributed by atoms with Crippen LogP contribution in [-0.2, 0) is 4.74 Å². The third-order valence-corrected chi connectivity index (χ3v) is 3.08. The van der Waals surface area contributed by atoms with Crippen molar-refractivity contribution in [2.75, 3.05) is 6.61 Å². The van der Waals surface area contributed by atoms with Crippen molar-refractivity contribution < 1.29 is 24.5 Å². The first-order valence-corrected chi connectivity index (χ1v) is 6.65. The lowest BCUT2D eigenvalue weighted by Crippen LogP contribution is -2.06. The lowest BCUT2D eigenvalue weighted by Gasteiger charge is -2.03. The molecular formula is C15H20O5. The van der Waals surface area contributed by atoms with E-state index >= 15 is 0 Å². The number of unbranched alkanes of at least 4 members (excludes halogenated alkanes) is 1. The minimum atomic E-state index is -1.11. The van der Waals surface area contributed by atoms with Crippen LogP contribution in [0, 0.1) is 6.92 Å². The van der Waals surface area contributed by atoms with Gasteiger partial charge in [0.15, 0.2) is 0 Å². The van der Waals surface area contributed by atoms with Gasteiger partial charge in [0.2, 0.25) is 0 Å². The van der Waals surface area contributed by atoms with Crippen LogP contribution in [0.2, 0.25) is 0 Å². The smallest absolute Gasteiger partial charge is 0.335 e. The van der Waals surface area contributed by atoms with Crippen molar-refractivity contribution in [2.24, 2.45) is 0 Å². The highest BCUT2D eigenvalue weighted by Gasteiger charge is 2.20. The molecule has 1 atom stereocenters. The first-order valence-electron chi connectivity index (χ1n) is 6.65. The Morgan fingerprint density at radius 1 is 1.25 bits per heavy atom. The molecule has 20 heavy (non-hydrogen) atoms. The Morgan fingerprint density at radius 2 is 1.75 bits per heavy atom. The van der Waals surface area contributed by atoms with Crippen molar-refractivity contribution >= 4 is 11.9 Å². The molecule has 1 fully saturated rings. The van der Waals surface area contributed by atoms with Gasteiger partial charge in [0.05, 0.1) is 23.8 Å². The Kier molecular flexibility index (Phi) is 6.18. The molecule has 0 radical (unpaired) electrons. The Morgan fingerprint density at radius 3 is 2.10 bits per heavy atom. The van der Waals surface area contributed by atoms with E-state index in [1.165, 1.54) is 44.4 Å². The highest BCUT2D eigenvalue weighted by molar-refractivity contribution is 5.96. The van der Waals surface area contributed by atoms with Crippen LogP contribution >= 0.6 is 0 Å². The van der Waals surface area contributed by atoms with E-state index in [4.69, 9.17) is 14.9 Å². The molecule has 1 aliphatic heterocycles. The van der Waals surface area contributed by atoms with Crippen molar-refractivity contribution in [1.29, 1.82) is 0 Å². The molecule has 1 saturated heterocycles. The molecule has 1 unspecified atom stereocenters. The minimum absolute atomic E-state index is 0.0277. The van der Waals surface area contributed by atoms with Crippen LogP contribution in [0.5, 0.6) is 0 Å². The molecule has 110 valence electrons. The molecule has 0 amide bonds. The lowest BCUT2D eigenvalue weighted by atomic mass is 10.0. The molecule has 2 rings (SSSR count). The summed E-state index contributed by atoms with van der Waals surface area (Å²) in [4.78, 5) is 21.2. The maximum absolute atomic E-state index is 10.6. The first kappa shape index (κ1) is 16.2. The van der Waals surface area contributed by atoms with Gasteiger partial charge < -0.3 is 14.9 Å². The van der Waals surface area contributed by atoms with Crippen LogP contribution in [0.25, 0.3) is 0 Å². The van der Waals surface area contributed by atoms with Crippen molar-refractivity contribution in [2.45, 2.75) is 39.2 Å².